The van der Waals surface area contributed by atoms with Crippen LogP contribution in [0.3, 0.4) is 0 Å². The van der Waals surface area contributed by atoms with Crippen molar-refractivity contribution in [1.29, 1.82) is 0 Å². The van der Waals surface area contributed by atoms with Gasteiger partial charge in [0.05, 0.1) is 6.54 Å². The summed E-state index contributed by atoms with van der Waals surface area (Å²) in [5, 5.41) is 3.46. The summed E-state index contributed by atoms with van der Waals surface area (Å²) in [7, 11) is 2.22. The lowest BCUT2D eigenvalue weighted by atomic mass is 9.99. The lowest BCUT2D eigenvalue weighted by molar-refractivity contribution is 0.170. The van der Waals surface area contributed by atoms with E-state index >= 15 is 0 Å². The highest BCUT2D eigenvalue weighted by molar-refractivity contribution is 14.1. The van der Waals surface area contributed by atoms with Crippen molar-refractivity contribution < 1.29 is 0 Å². The Hall–Kier alpha value is -1.86. The number of likely N-dealkylation sites (N-methyl/N-ethyl adjacent to an activating group) is 1. The SMILES string of the molecule is C[C@@H]1CN(c2ccc(N/C=C3\CN=Cc4ccc(I)cc43)cc2)C[C@H](C)N1C. The van der Waals surface area contributed by atoms with E-state index in [4.69, 9.17) is 0 Å². The molecule has 2 aliphatic rings. The van der Waals surface area contributed by atoms with E-state index in [0.717, 1.165) is 25.3 Å². The van der Waals surface area contributed by atoms with E-state index in [1.165, 1.54) is 26.0 Å². The van der Waals surface area contributed by atoms with Crippen molar-refractivity contribution in [3.63, 3.8) is 0 Å². The summed E-state index contributed by atoms with van der Waals surface area (Å²) in [4.78, 5) is 9.45. The highest BCUT2D eigenvalue weighted by Crippen LogP contribution is 2.26. The molecule has 0 aliphatic carbocycles. The molecular weight excluding hydrogens is 459 g/mol. The Morgan fingerprint density at radius 2 is 1.79 bits per heavy atom. The van der Waals surface area contributed by atoms with Crippen LogP contribution in [-0.4, -0.2) is 49.9 Å². The van der Waals surface area contributed by atoms with Crippen LogP contribution >= 0.6 is 22.6 Å². The number of rotatable bonds is 3. The average molecular weight is 486 g/mol. The first kappa shape index (κ1) is 19.5. The average Bonchev–Trinajstić information content (AvgIpc) is 2.70. The normalized spacial score (nSPS) is 23.7. The molecule has 1 saturated heterocycles. The third kappa shape index (κ3) is 4.10. The highest BCUT2D eigenvalue weighted by Gasteiger charge is 2.26. The summed E-state index contributed by atoms with van der Waals surface area (Å²) in [6.45, 7) is 7.47. The van der Waals surface area contributed by atoms with Gasteiger partial charge in [-0.25, -0.2) is 0 Å². The van der Waals surface area contributed by atoms with E-state index in [-0.39, 0.29) is 0 Å². The minimum atomic E-state index is 0.570. The van der Waals surface area contributed by atoms with Crippen molar-refractivity contribution in [3.8, 4) is 0 Å². The molecule has 0 aromatic heterocycles. The number of hydrogen-bond donors (Lipinski definition) is 1. The summed E-state index contributed by atoms with van der Waals surface area (Å²) >= 11 is 2.36. The summed E-state index contributed by atoms with van der Waals surface area (Å²) in [5.74, 6) is 0. The van der Waals surface area contributed by atoms with Gasteiger partial charge in [0.2, 0.25) is 0 Å². The van der Waals surface area contributed by atoms with Crippen LogP contribution < -0.4 is 10.2 Å². The number of benzene rings is 2. The quantitative estimate of drug-likeness (QED) is 0.638. The maximum Gasteiger partial charge on any atom is 0.0660 e. The predicted octanol–water partition coefficient (Wildman–Crippen LogP) is 4.71. The first-order valence-electron chi connectivity index (χ1n) is 9.83. The van der Waals surface area contributed by atoms with Gasteiger partial charge in [-0.2, -0.15) is 0 Å². The zero-order valence-electron chi connectivity index (χ0n) is 16.7. The van der Waals surface area contributed by atoms with Gasteiger partial charge in [0.1, 0.15) is 0 Å². The maximum absolute atomic E-state index is 4.49. The Bertz CT molecular complexity index is 891. The summed E-state index contributed by atoms with van der Waals surface area (Å²) in [6.07, 6.45) is 4.07. The summed E-state index contributed by atoms with van der Waals surface area (Å²) < 4.78 is 1.25. The van der Waals surface area contributed by atoms with Crippen LogP contribution in [0.15, 0.2) is 53.7 Å². The number of aliphatic imine (C=N–C) groups is 1. The zero-order chi connectivity index (χ0) is 19.7. The van der Waals surface area contributed by atoms with Gasteiger partial charge in [-0.3, -0.25) is 9.89 Å². The number of anilines is 2. The monoisotopic (exact) mass is 486 g/mol. The third-order valence-electron chi connectivity index (χ3n) is 5.86. The molecule has 1 fully saturated rings. The first-order valence-corrected chi connectivity index (χ1v) is 10.9. The Balaban J connectivity index is 1.47. The molecular formula is C23H27IN4. The van der Waals surface area contributed by atoms with Crippen LogP contribution in [0.5, 0.6) is 0 Å². The van der Waals surface area contributed by atoms with E-state index in [2.05, 4.69) is 112 Å². The Kier molecular flexibility index (Phi) is 5.73. The molecule has 4 rings (SSSR count). The van der Waals surface area contributed by atoms with Gasteiger partial charge in [0.25, 0.3) is 0 Å². The van der Waals surface area contributed by atoms with E-state index in [1.807, 2.05) is 6.21 Å². The van der Waals surface area contributed by atoms with Crippen LogP contribution in [0.2, 0.25) is 0 Å². The molecule has 0 radical (unpaired) electrons. The number of nitrogens with zero attached hydrogens (tertiary/aromatic N) is 3. The molecule has 0 bridgehead atoms. The van der Waals surface area contributed by atoms with Gasteiger partial charge < -0.3 is 10.2 Å². The molecule has 5 heteroatoms. The van der Waals surface area contributed by atoms with Gasteiger partial charge in [-0.15, -0.1) is 0 Å². The molecule has 0 unspecified atom stereocenters. The minimum Gasteiger partial charge on any atom is -0.368 e. The second kappa shape index (κ2) is 8.25. The van der Waals surface area contributed by atoms with Crippen molar-refractivity contribution in [2.75, 3.05) is 36.9 Å². The number of halogens is 1. The van der Waals surface area contributed by atoms with Gasteiger partial charge in [0, 0.05) is 52.5 Å². The maximum atomic E-state index is 4.49. The van der Waals surface area contributed by atoms with Crippen molar-refractivity contribution >= 4 is 45.8 Å². The number of nitrogens with one attached hydrogen (secondary N) is 1. The zero-order valence-corrected chi connectivity index (χ0v) is 18.8. The molecule has 2 heterocycles. The second-order valence-corrected chi connectivity index (χ2v) is 9.08. The number of piperazine rings is 1. The summed E-state index contributed by atoms with van der Waals surface area (Å²) in [6, 6.07) is 16.4. The smallest absolute Gasteiger partial charge is 0.0660 e. The topological polar surface area (TPSA) is 30.9 Å². The fourth-order valence-electron chi connectivity index (χ4n) is 3.92. The molecule has 0 amide bonds. The lowest BCUT2D eigenvalue weighted by Crippen LogP contribution is -2.55. The largest absolute Gasteiger partial charge is 0.368 e. The van der Waals surface area contributed by atoms with Crippen LogP contribution in [-0.2, 0) is 0 Å². The fourth-order valence-corrected chi connectivity index (χ4v) is 4.42. The molecule has 2 aliphatic heterocycles. The van der Waals surface area contributed by atoms with Crippen molar-refractivity contribution in [1.82, 2.24) is 4.90 Å². The number of hydrogen-bond acceptors (Lipinski definition) is 4. The molecule has 2 aromatic carbocycles. The number of fused-ring (bicyclic) bond motifs is 1. The van der Waals surface area contributed by atoms with Gasteiger partial charge in [-0.05, 0) is 96.6 Å². The van der Waals surface area contributed by atoms with Crippen LogP contribution in [0.1, 0.15) is 25.0 Å². The van der Waals surface area contributed by atoms with E-state index in [1.54, 1.807) is 0 Å². The van der Waals surface area contributed by atoms with E-state index < -0.39 is 0 Å². The molecule has 4 nitrogen and oxygen atoms in total. The molecule has 2 aromatic rings. The molecule has 2 atom stereocenters. The predicted molar refractivity (Wildman–Crippen MR) is 129 cm³/mol. The second-order valence-electron chi connectivity index (χ2n) is 7.83. The van der Waals surface area contributed by atoms with Crippen LogP contribution in [0.25, 0.3) is 5.57 Å². The standard InChI is InChI=1S/C23H27IN4/c1-16-14-28(15-17(2)27(16)3)22-8-6-21(7-9-22)26-13-19-12-25-11-18-4-5-20(24)10-23(18)19/h4-11,13,16-17,26H,12,14-15H2,1-3H3/b19-13+/t16-,17+. The van der Waals surface area contributed by atoms with Crippen molar-refractivity contribution in [3.05, 3.63) is 63.4 Å². The van der Waals surface area contributed by atoms with Crippen molar-refractivity contribution in [2.24, 2.45) is 4.99 Å². The Labute approximate surface area is 181 Å². The van der Waals surface area contributed by atoms with Gasteiger partial charge in [0.15, 0.2) is 0 Å². The van der Waals surface area contributed by atoms with Gasteiger partial charge >= 0.3 is 0 Å². The first-order chi connectivity index (χ1) is 13.5. The molecule has 0 saturated carbocycles. The molecule has 146 valence electrons. The Morgan fingerprint density at radius 1 is 1.07 bits per heavy atom. The highest BCUT2D eigenvalue weighted by atomic mass is 127. The van der Waals surface area contributed by atoms with Crippen LogP contribution in [0, 0.1) is 3.57 Å². The van der Waals surface area contributed by atoms with Crippen molar-refractivity contribution in [2.45, 2.75) is 25.9 Å². The Morgan fingerprint density at radius 3 is 2.50 bits per heavy atom. The van der Waals surface area contributed by atoms with E-state index in [0.29, 0.717) is 12.1 Å². The summed E-state index contributed by atoms with van der Waals surface area (Å²) in [5.41, 5.74) is 6.09. The molecule has 1 N–H and O–H groups in total. The van der Waals surface area contributed by atoms with Crippen LogP contribution in [0.4, 0.5) is 11.4 Å². The molecule has 28 heavy (non-hydrogen) atoms. The van der Waals surface area contributed by atoms with Gasteiger partial charge in [-0.1, -0.05) is 6.07 Å². The molecule has 0 spiro atoms. The lowest BCUT2D eigenvalue weighted by Gasteiger charge is -2.43. The van der Waals surface area contributed by atoms with E-state index in [9.17, 15) is 0 Å². The third-order valence-corrected chi connectivity index (χ3v) is 6.53. The minimum absolute atomic E-state index is 0.570. The fraction of sp³-hybridized carbons (Fsp3) is 0.348.